The molecule has 0 aliphatic heterocycles. The van der Waals surface area contributed by atoms with Crippen LogP contribution in [0.2, 0.25) is 0 Å². The first-order valence-corrected chi connectivity index (χ1v) is 4.06. The summed E-state index contributed by atoms with van der Waals surface area (Å²) < 4.78 is 27.5. The largest absolute Gasteiger partial charge is 0.493 e. The van der Waals surface area contributed by atoms with Gasteiger partial charge in [-0.1, -0.05) is 30.3 Å². The van der Waals surface area contributed by atoms with Crippen molar-refractivity contribution in [1.29, 1.82) is 0 Å². The predicted molar refractivity (Wildman–Crippen MR) is 47.7 cm³/mol. The van der Waals surface area contributed by atoms with E-state index in [-0.39, 0.29) is 6.61 Å². The van der Waals surface area contributed by atoms with E-state index in [4.69, 9.17) is 0 Å². The Morgan fingerprint density at radius 1 is 1.36 bits per heavy atom. The lowest BCUT2D eigenvalue weighted by Crippen LogP contribution is -2.04. The fourth-order valence-corrected chi connectivity index (χ4v) is 0.974. The molecule has 4 heteroatoms. The monoisotopic (exact) mass is 200 g/mol. The molecule has 14 heavy (non-hydrogen) atoms. The molecule has 0 bridgehead atoms. The van der Waals surface area contributed by atoms with Crippen LogP contribution in [-0.4, -0.2) is 11.7 Å². The SMILES string of the molecule is O[C@H](COC=C(F)F)c1ccccc1. The second-order valence-corrected chi connectivity index (χ2v) is 2.67. The van der Waals surface area contributed by atoms with Crippen molar-refractivity contribution in [3.63, 3.8) is 0 Å². The number of aliphatic hydroxyl groups excluding tert-OH is 1. The zero-order chi connectivity index (χ0) is 10.4. The quantitative estimate of drug-likeness (QED) is 0.756. The molecule has 0 aliphatic carbocycles. The molecule has 2 nitrogen and oxygen atoms in total. The van der Waals surface area contributed by atoms with Crippen LogP contribution in [0, 0.1) is 0 Å². The molecule has 1 aromatic carbocycles. The maximum atomic E-state index is 11.5. The summed E-state index contributed by atoms with van der Waals surface area (Å²) >= 11 is 0. The van der Waals surface area contributed by atoms with Gasteiger partial charge in [-0.25, -0.2) is 0 Å². The van der Waals surface area contributed by atoms with Crippen molar-refractivity contribution in [2.75, 3.05) is 6.61 Å². The molecule has 0 fully saturated rings. The van der Waals surface area contributed by atoms with E-state index < -0.39 is 12.2 Å². The van der Waals surface area contributed by atoms with Gasteiger partial charge in [-0.15, -0.1) is 0 Å². The highest BCUT2D eigenvalue weighted by Crippen LogP contribution is 2.12. The Balaban J connectivity index is 2.43. The molecule has 0 unspecified atom stereocenters. The van der Waals surface area contributed by atoms with E-state index in [0.717, 1.165) is 0 Å². The molecule has 1 N–H and O–H groups in total. The highest BCUT2D eigenvalue weighted by molar-refractivity contribution is 5.17. The molecule has 1 atom stereocenters. The molecule has 0 amide bonds. The van der Waals surface area contributed by atoms with Gasteiger partial charge in [0.15, 0.2) is 0 Å². The van der Waals surface area contributed by atoms with Crippen molar-refractivity contribution in [1.82, 2.24) is 0 Å². The molecule has 76 valence electrons. The van der Waals surface area contributed by atoms with Crippen LogP contribution in [0.25, 0.3) is 0 Å². The third-order valence-corrected chi connectivity index (χ3v) is 1.61. The Labute approximate surface area is 80.4 Å². The van der Waals surface area contributed by atoms with E-state index >= 15 is 0 Å². The first-order chi connectivity index (χ1) is 6.70. The van der Waals surface area contributed by atoms with Crippen molar-refractivity contribution in [2.24, 2.45) is 0 Å². The van der Waals surface area contributed by atoms with E-state index in [0.29, 0.717) is 11.8 Å². The number of rotatable bonds is 4. The van der Waals surface area contributed by atoms with Gasteiger partial charge in [0, 0.05) is 0 Å². The van der Waals surface area contributed by atoms with E-state index in [9.17, 15) is 13.9 Å². The summed E-state index contributed by atoms with van der Waals surface area (Å²) in [7, 11) is 0. The van der Waals surface area contributed by atoms with Gasteiger partial charge in [-0.05, 0) is 5.56 Å². The van der Waals surface area contributed by atoms with Gasteiger partial charge in [-0.2, -0.15) is 8.78 Å². The zero-order valence-electron chi connectivity index (χ0n) is 7.36. The summed E-state index contributed by atoms with van der Waals surface area (Å²) in [6.45, 7) is -0.179. The number of halogens is 2. The van der Waals surface area contributed by atoms with Crippen LogP contribution in [0.3, 0.4) is 0 Å². The van der Waals surface area contributed by atoms with Crippen molar-refractivity contribution < 1.29 is 18.6 Å². The van der Waals surface area contributed by atoms with Gasteiger partial charge in [0.25, 0.3) is 0 Å². The van der Waals surface area contributed by atoms with Gasteiger partial charge in [-0.3, -0.25) is 0 Å². The fourth-order valence-electron chi connectivity index (χ4n) is 0.974. The second-order valence-electron chi connectivity index (χ2n) is 2.67. The molecule has 1 rings (SSSR count). The Morgan fingerprint density at radius 3 is 2.57 bits per heavy atom. The maximum absolute atomic E-state index is 11.5. The van der Waals surface area contributed by atoms with Crippen molar-refractivity contribution >= 4 is 0 Å². The maximum Gasteiger partial charge on any atom is 0.304 e. The van der Waals surface area contributed by atoms with Crippen molar-refractivity contribution in [3.8, 4) is 0 Å². The third kappa shape index (κ3) is 3.53. The number of benzene rings is 1. The van der Waals surface area contributed by atoms with Gasteiger partial charge >= 0.3 is 6.08 Å². The van der Waals surface area contributed by atoms with Crippen molar-refractivity contribution in [3.05, 3.63) is 48.2 Å². The summed E-state index contributed by atoms with van der Waals surface area (Å²) in [6.07, 6.45) is -2.47. The van der Waals surface area contributed by atoms with Crippen LogP contribution in [0.15, 0.2) is 42.7 Å². The van der Waals surface area contributed by atoms with E-state index in [1.807, 2.05) is 0 Å². The van der Waals surface area contributed by atoms with Crippen LogP contribution in [-0.2, 0) is 4.74 Å². The van der Waals surface area contributed by atoms with Crippen LogP contribution in [0.1, 0.15) is 11.7 Å². The average molecular weight is 200 g/mol. The molecular weight excluding hydrogens is 190 g/mol. The highest BCUT2D eigenvalue weighted by Gasteiger charge is 2.06. The minimum atomic E-state index is -1.91. The summed E-state index contributed by atoms with van der Waals surface area (Å²) in [5, 5.41) is 9.43. The average Bonchev–Trinajstić information content (AvgIpc) is 2.18. The highest BCUT2D eigenvalue weighted by atomic mass is 19.3. The van der Waals surface area contributed by atoms with Gasteiger partial charge < -0.3 is 9.84 Å². The number of hydrogen-bond donors (Lipinski definition) is 1. The first kappa shape index (κ1) is 10.7. The third-order valence-electron chi connectivity index (χ3n) is 1.61. The Kier molecular flexibility index (Phi) is 4.07. The lowest BCUT2D eigenvalue weighted by Gasteiger charge is -2.09. The summed E-state index contributed by atoms with van der Waals surface area (Å²) in [5.74, 6) is 0. The minimum absolute atomic E-state index is 0.179. The van der Waals surface area contributed by atoms with E-state index in [1.165, 1.54) is 0 Å². The summed E-state index contributed by atoms with van der Waals surface area (Å²) in [4.78, 5) is 0. The molecule has 0 radical (unpaired) electrons. The minimum Gasteiger partial charge on any atom is -0.493 e. The van der Waals surface area contributed by atoms with Gasteiger partial charge in [0.1, 0.15) is 19.0 Å². The molecule has 0 spiro atoms. The van der Waals surface area contributed by atoms with E-state index in [2.05, 4.69) is 4.74 Å². The topological polar surface area (TPSA) is 29.5 Å². The first-order valence-electron chi connectivity index (χ1n) is 4.06. The van der Waals surface area contributed by atoms with E-state index in [1.54, 1.807) is 30.3 Å². The van der Waals surface area contributed by atoms with Crippen LogP contribution < -0.4 is 0 Å². The molecule has 0 saturated heterocycles. The van der Waals surface area contributed by atoms with Gasteiger partial charge in [0.05, 0.1) is 0 Å². The normalized spacial score (nSPS) is 11.9. The Hall–Kier alpha value is -1.42. The lowest BCUT2D eigenvalue weighted by atomic mass is 10.1. The Morgan fingerprint density at radius 2 is 2.00 bits per heavy atom. The van der Waals surface area contributed by atoms with Crippen molar-refractivity contribution in [2.45, 2.75) is 6.10 Å². The number of ether oxygens (including phenoxy) is 1. The zero-order valence-corrected chi connectivity index (χ0v) is 7.36. The standard InChI is InChI=1S/C10H10F2O2/c11-10(12)7-14-6-9(13)8-4-2-1-3-5-8/h1-5,7,9,13H,6H2/t9-/m1/s1. The Bertz CT molecular complexity index is 294. The van der Waals surface area contributed by atoms with Crippen LogP contribution in [0.4, 0.5) is 8.78 Å². The molecule has 0 aliphatic rings. The molecule has 0 aromatic heterocycles. The predicted octanol–water partition coefficient (Wildman–Crippen LogP) is 2.47. The molecule has 1 aromatic rings. The second kappa shape index (κ2) is 5.34. The molecule has 0 heterocycles. The van der Waals surface area contributed by atoms with Gasteiger partial charge in [0.2, 0.25) is 0 Å². The number of hydrogen-bond acceptors (Lipinski definition) is 2. The smallest absolute Gasteiger partial charge is 0.304 e. The fraction of sp³-hybridized carbons (Fsp3) is 0.200. The number of aliphatic hydroxyl groups is 1. The van der Waals surface area contributed by atoms with Crippen LogP contribution >= 0.6 is 0 Å². The lowest BCUT2D eigenvalue weighted by molar-refractivity contribution is 0.0796. The summed E-state index contributed by atoms with van der Waals surface area (Å²) in [6, 6.07) is 8.71. The van der Waals surface area contributed by atoms with Crippen LogP contribution in [0.5, 0.6) is 0 Å². The molecular formula is C10H10F2O2. The summed E-state index contributed by atoms with van der Waals surface area (Å²) in [5.41, 5.74) is 0.639. The molecule has 0 saturated carbocycles.